The van der Waals surface area contributed by atoms with Crippen molar-refractivity contribution in [3.63, 3.8) is 0 Å². The van der Waals surface area contributed by atoms with Crippen molar-refractivity contribution < 1.29 is 14.7 Å². The zero-order valence-corrected chi connectivity index (χ0v) is 13.0. The van der Waals surface area contributed by atoms with E-state index in [1.165, 1.54) is 0 Å². The van der Waals surface area contributed by atoms with Gasteiger partial charge < -0.3 is 15.7 Å². The molecule has 1 saturated carbocycles. The fourth-order valence-electron chi connectivity index (χ4n) is 3.09. The van der Waals surface area contributed by atoms with Gasteiger partial charge in [0.1, 0.15) is 6.04 Å². The first-order valence-electron chi connectivity index (χ1n) is 7.64. The van der Waals surface area contributed by atoms with Crippen LogP contribution in [0, 0.1) is 17.8 Å². The highest BCUT2D eigenvalue weighted by Crippen LogP contribution is 2.33. The van der Waals surface area contributed by atoms with E-state index in [0.717, 1.165) is 19.3 Å². The quantitative estimate of drug-likeness (QED) is 0.701. The topological polar surface area (TPSA) is 78.4 Å². The van der Waals surface area contributed by atoms with E-state index in [1.54, 1.807) is 0 Å². The van der Waals surface area contributed by atoms with Crippen LogP contribution in [0.15, 0.2) is 0 Å². The highest BCUT2D eigenvalue weighted by Gasteiger charge is 2.33. The Hall–Kier alpha value is -1.26. The van der Waals surface area contributed by atoms with E-state index in [1.807, 2.05) is 13.8 Å². The van der Waals surface area contributed by atoms with Crippen LogP contribution < -0.4 is 10.6 Å². The average Bonchev–Trinajstić information content (AvgIpc) is 2.69. The Morgan fingerprint density at radius 2 is 1.95 bits per heavy atom. The average molecular weight is 284 g/mol. The van der Waals surface area contributed by atoms with Gasteiger partial charge in [-0.05, 0) is 37.0 Å². The second kappa shape index (κ2) is 7.50. The van der Waals surface area contributed by atoms with E-state index in [-0.39, 0.29) is 18.0 Å². The Labute approximate surface area is 121 Å². The van der Waals surface area contributed by atoms with Gasteiger partial charge >= 0.3 is 12.0 Å². The van der Waals surface area contributed by atoms with E-state index >= 15 is 0 Å². The number of aliphatic carboxylic acids is 1. The molecule has 0 aromatic heterocycles. The van der Waals surface area contributed by atoms with Crippen molar-refractivity contribution in [3.05, 3.63) is 0 Å². The maximum Gasteiger partial charge on any atom is 0.326 e. The minimum atomic E-state index is -0.972. The van der Waals surface area contributed by atoms with Crippen LogP contribution in [-0.4, -0.2) is 29.2 Å². The molecule has 0 aromatic carbocycles. The van der Waals surface area contributed by atoms with Crippen LogP contribution in [0.2, 0.25) is 0 Å². The Balaban J connectivity index is 2.48. The van der Waals surface area contributed by atoms with Gasteiger partial charge in [-0.2, -0.15) is 0 Å². The second-order valence-electron chi connectivity index (χ2n) is 6.35. The van der Waals surface area contributed by atoms with E-state index in [4.69, 9.17) is 5.11 Å². The molecule has 1 aliphatic rings. The predicted octanol–water partition coefficient (Wildman–Crippen LogP) is 2.61. The maximum absolute atomic E-state index is 12.0. The molecule has 0 aromatic rings. The molecule has 1 rings (SSSR count). The highest BCUT2D eigenvalue weighted by molar-refractivity contribution is 5.82. The number of carbonyl (C=O) groups is 2. The number of urea groups is 1. The lowest BCUT2D eigenvalue weighted by Crippen LogP contribution is -2.50. The minimum Gasteiger partial charge on any atom is -0.480 e. The lowest BCUT2D eigenvalue weighted by molar-refractivity contribution is -0.139. The summed E-state index contributed by atoms with van der Waals surface area (Å²) in [5.41, 5.74) is 0. The Bertz CT molecular complexity index is 344. The third-order valence-corrected chi connectivity index (χ3v) is 4.38. The molecule has 3 N–H and O–H groups in total. The number of hydrogen-bond acceptors (Lipinski definition) is 2. The van der Waals surface area contributed by atoms with E-state index < -0.39 is 12.0 Å². The van der Waals surface area contributed by atoms with Crippen molar-refractivity contribution in [2.24, 2.45) is 17.8 Å². The van der Waals surface area contributed by atoms with Crippen LogP contribution in [0.25, 0.3) is 0 Å². The molecule has 0 bridgehead atoms. The van der Waals surface area contributed by atoms with Gasteiger partial charge in [0.2, 0.25) is 0 Å². The van der Waals surface area contributed by atoms with Gasteiger partial charge in [0.05, 0.1) is 0 Å². The number of amides is 2. The van der Waals surface area contributed by atoms with Gasteiger partial charge in [-0.1, -0.05) is 34.1 Å². The van der Waals surface area contributed by atoms with Gasteiger partial charge in [-0.25, -0.2) is 9.59 Å². The van der Waals surface area contributed by atoms with Gasteiger partial charge in [0, 0.05) is 6.04 Å². The zero-order valence-electron chi connectivity index (χ0n) is 13.0. The number of carboxylic acid groups (broad SMARTS) is 1. The monoisotopic (exact) mass is 284 g/mol. The summed E-state index contributed by atoms with van der Waals surface area (Å²) in [5, 5.41) is 14.6. The molecule has 5 nitrogen and oxygen atoms in total. The van der Waals surface area contributed by atoms with Crippen molar-refractivity contribution in [3.8, 4) is 0 Å². The molecular weight excluding hydrogens is 256 g/mol. The summed E-state index contributed by atoms with van der Waals surface area (Å²) in [7, 11) is 0. The lowest BCUT2D eigenvalue weighted by atomic mass is 9.93. The SMILES string of the molecule is CCC1CCC(NC(=O)N[C@@H](CC(C)C)C(=O)O)C1C. The molecule has 4 atom stereocenters. The molecule has 0 saturated heterocycles. The van der Waals surface area contributed by atoms with Gasteiger partial charge in [0.25, 0.3) is 0 Å². The lowest BCUT2D eigenvalue weighted by Gasteiger charge is -2.23. The number of hydrogen-bond donors (Lipinski definition) is 3. The van der Waals surface area contributed by atoms with Crippen molar-refractivity contribution in [1.82, 2.24) is 10.6 Å². The highest BCUT2D eigenvalue weighted by atomic mass is 16.4. The van der Waals surface area contributed by atoms with E-state index in [9.17, 15) is 9.59 Å². The molecule has 0 aliphatic heterocycles. The number of carbonyl (C=O) groups excluding carboxylic acids is 1. The van der Waals surface area contributed by atoms with Crippen LogP contribution in [-0.2, 0) is 4.79 Å². The van der Waals surface area contributed by atoms with Crippen LogP contribution in [0.5, 0.6) is 0 Å². The normalized spacial score (nSPS) is 27.4. The molecule has 0 heterocycles. The Morgan fingerprint density at radius 3 is 2.40 bits per heavy atom. The van der Waals surface area contributed by atoms with Crippen molar-refractivity contribution in [2.45, 2.75) is 65.5 Å². The molecule has 1 fully saturated rings. The Morgan fingerprint density at radius 1 is 1.30 bits per heavy atom. The maximum atomic E-state index is 12.0. The summed E-state index contributed by atoms with van der Waals surface area (Å²) < 4.78 is 0. The van der Waals surface area contributed by atoms with Crippen LogP contribution in [0.1, 0.15) is 53.4 Å². The first-order chi connectivity index (χ1) is 9.35. The summed E-state index contributed by atoms with van der Waals surface area (Å²) in [6.45, 7) is 8.22. The molecule has 116 valence electrons. The van der Waals surface area contributed by atoms with E-state index in [0.29, 0.717) is 18.3 Å². The number of carboxylic acids is 1. The van der Waals surface area contributed by atoms with Crippen molar-refractivity contribution in [1.29, 1.82) is 0 Å². The van der Waals surface area contributed by atoms with Gasteiger partial charge in [-0.3, -0.25) is 0 Å². The number of nitrogens with one attached hydrogen (secondary N) is 2. The smallest absolute Gasteiger partial charge is 0.326 e. The van der Waals surface area contributed by atoms with Crippen LogP contribution in [0.3, 0.4) is 0 Å². The minimum absolute atomic E-state index is 0.161. The van der Waals surface area contributed by atoms with Gasteiger partial charge in [0.15, 0.2) is 0 Å². The first kappa shape index (κ1) is 16.8. The molecule has 2 amide bonds. The first-order valence-corrected chi connectivity index (χ1v) is 7.64. The van der Waals surface area contributed by atoms with Gasteiger partial charge in [-0.15, -0.1) is 0 Å². The molecule has 3 unspecified atom stereocenters. The van der Waals surface area contributed by atoms with Crippen LogP contribution in [0.4, 0.5) is 4.79 Å². The van der Waals surface area contributed by atoms with E-state index in [2.05, 4.69) is 24.5 Å². The second-order valence-corrected chi connectivity index (χ2v) is 6.35. The molecule has 5 heteroatoms. The predicted molar refractivity (Wildman–Crippen MR) is 78.5 cm³/mol. The molecule has 0 spiro atoms. The zero-order chi connectivity index (χ0) is 15.3. The molecule has 0 radical (unpaired) electrons. The standard InChI is InChI=1S/C15H28N2O3/c1-5-11-6-7-12(10(11)4)16-15(20)17-13(14(18)19)8-9(2)3/h9-13H,5-8H2,1-4H3,(H,18,19)(H2,16,17,20)/t10?,11?,12?,13-/m0/s1. The molecule has 1 aliphatic carbocycles. The van der Waals surface area contributed by atoms with Crippen LogP contribution >= 0.6 is 0 Å². The number of rotatable bonds is 6. The molecule has 20 heavy (non-hydrogen) atoms. The Kier molecular flexibility index (Phi) is 6.30. The fraction of sp³-hybridized carbons (Fsp3) is 0.867. The third kappa shape index (κ3) is 4.69. The summed E-state index contributed by atoms with van der Waals surface area (Å²) in [5.74, 6) is 0.372. The van der Waals surface area contributed by atoms with Crippen molar-refractivity contribution >= 4 is 12.0 Å². The fourth-order valence-corrected chi connectivity index (χ4v) is 3.09. The summed E-state index contributed by atoms with van der Waals surface area (Å²) in [4.78, 5) is 23.1. The summed E-state index contributed by atoms with van der Waals surface area (Å²) in [6.07, 6.45) is 3.69. The summed E-state index contributed by atoms with van der Waals surface area (Å²) >= 11 is 0. The third-order valence-electron chi connectivity index (χ3n) is 4.38. The molecular formula is C15H28N2O3. The van der Waals surface area contributed by atoms with Crippen molar-refractivity contribution in [2.75, 3.05) is 0 Å². The largest absolute Gasteiger partial charge is 0.480 e. The summed E-state index contributed by atoms with van der Waals surface area (Å²) in [6, 6.07) is -1.01.